The molecule has 0 saturated heterocycles. The highest BCUT2D eigenvalue weighted by Crippen LogP contribution is 2.18. The molecule has 1 amide bonds. The molecule has 0 fully saturated rings. The lowest BCUT2D eigenvalue weighted by molar-refractivity contribution is -0.384. The van der Waals surface area contributed by atoms with Crippen LogP contribution in [0.2, 0.25) is 0 Å². The van der Waals surface area contributed by atoms with E-state index in [1.807, 2.05) is 0 Å². The molecule has 1 heterocycles. The summed E-state index contributed by atoms with van der Waals surface area (Å²) in [5.41, 5.74) is -0.118. The SMILES string of the molecule is COc1n[nH]c(NC(=O)COc2cccc([N+](=O)[O-])c2)n1. The average molecular weight is 293 g/mol. The van der Waals surface area contributed by atoms with Crippen molar-refractivity contribution in [3.05, 3.63) is 34.4 Å². The van der Waals surface area contributed by atoms with Gasteiger partial charge in [-0.25, -0.2) is 5.10 Å². The topological polar surface area (TPSA) is 132 Å². The molecular formula is C11H11N5O5. The van der Waals surface area contributed by atoms with Crippen LogP contribution in [0.5, 0.6) is 11.8 Å². The predicted octanol–water partition coefficient (Wildman–Crippen LogP) is 0.739. The fraction of sp³-hybridized carbons (Fsp3) is 0.182. The van der Waals surface area contributed by atoms with Gasteiger partial charge in [-0.3, -0.25) is 20.2 Å². The van der Waals surface area contributed by atoms with Gasteiger partial charge in [0.15, 0.2) is 6.61 Å². The number of aromatic nitrogens is 3. The van der Waals surface area contributed by atoms with Crippen molar-refractivity contribution < 1.29 is 19.2 Å². The van der Waals surface area contributed by atoms with E-state index in [1.165, 1.54) is 31.4 Å². The maximum Gasteiger partial charge on any atom is 0.336 e. The van der Waals surface area contributed by atoms with E-state index in [4.69, 9.17) is 9.47 Å². The van der Waals surface area contributed by atoms with Crippen LogP contribution in [-0.4, -0.2) is 39.7 Å². The second kappa shape index (κ2) is 6.32. The number of nitrogens with one attached hydrogen (secondary N) is 2. The molecule has 0 radical (unpaired) electrons. The number of aromatic amines is 1. The standard InChI is InChI=1S/C11H11N5O5/c1-20-11-13-10(14-15-11)12-9(17)6-21-8-4-2-3-7(5-8)16(18)19/h2-5H,6H2,1H3,(H2,12,13,14,15,17). The maximum atomic E-state index is 11.6. The number of amides is 1. The van der Waals surface area contributed by atoms with E-state index >= 15 is 0 Å². The molecule has 10 nitrogen and oxygen atoms in total. The number of hydrogen-bond acceptors (Lipinski definition) is 7. The van der Waals surface area contributed by atoms with Crippen LogP contribution in [0.1, 0.15) is 0 Å². The van der Waals surface area contributed by atoms with Gasteiger partial charge in [0.2, 0.25) is 5.95 Å². The average Bonchev–Trinajstić information content (AvgIpc) is 2.93. The van der Waals surface area contributed by atoms with Crippen LogP contribution >= 0.6 is 0 Å². The van der Waals surface area contributed by atoms with Crippen molar-refractivity contribution in [1.29, 1.82) is 0 Å². The van der Waals surface area contributed by atoms with Gasteiger partial charge in [0.1, 0.15) is 5.75 Å². The summed E-state index contributed by atoms with van der Waals surface area (Å²) in [5, 5.41) is 19.1. The molecule has 0 bridgehead atoms. The largest absolute Gasteiger partial charge is 0.484 e. The number of nitro benzene ring substituents is 1. The van der Waals surface area contributed by atoms with E-state index in [1.54, 1.807) is 0 Å². The van der Waals surface area contributed by atoms with Crippen LogP contribution in [0.15, 0.2) is 24.3 Å². The molecule has 0 spiro atoms. The number of carbonyl (C=O) groups is 1. The number of rotatable bonds is 6. The summed E-state index contributed by atoms with van der Waals surface area (Å²) >= 11 is 0. The molecule has 0 atom stereocenters. The molecule has 1 aromatic carbocycles. The van der Waals surface area contributed by atoms with Gasteiger partial charge in [-0.1, -0.05) is 6.07 Å². The van der Waals surface area contributed by atoms with Crippen molar-refractivity contribution in [2.24, 2.45) is 0 Å². The molecule has 110 valence electrons. The molecular weight excluding hydrogens is 282 g/mol. The molecule has 2 aromatic rings. The number of ether oxygens (including phenoxy) is 2. The number of hydrogen-bond donors (Lipinski definition) is 2. The molecule has 0 aliphatic rings. The van der Waals surface area contributed by atoms with Crippen LogP contribution in [0.3, 0.4) is 0 Å². The fourth-order valence-corrected chi connectivity index (χ4v) is 1.40. The van der Waals surface area contributed by atoms with E-state index in [2.05, 4.69) is 20.5 Å². The number of non-ortho nitro benzene ring substituents is 1. The van der Waals surface area contributed by atoms with Crippen molar-refractivity contribution in [2.45, 2.75) is 0 Å². The Balaban J connectivity index is 1.89. The number of benzene rings is 1. The third kappa shape index (κ3) is 3.89. The Hall–Kier alpha value is -3.17. The summed E-state index contributed by atoms with van der Waals surface area (Å²) in [4.78, 5) is 25.5. The summed E-state index contributed by atoms with van der Waals surface area (Å²) in [6.07, 6.45) is 0. The van der Waals surface area contributed by atoms with Gasteiger partial charge in [-0.15, -0.1) is 5.10 Å². The molecule has 10 heteroatoms. The third-order valence-corrected chi connectivity index (χ3v) is 2.30. The van der Waals surface area contributed by atoms with Gasteiger partial charge < -0.3 is 9.47 Å². The van der Waals surface area contributed by atoms with Gasteiger partial charge in [-0.2, -0.15) is 4.98 Å². The van der Waals surface area contributed by atoms with Crippen LogP contribution in [0.4, 0.5) is 11.6 Å². The molecule has 0 aliphatic carbocycles. The first kappa shape index (κ1) is 14.2. The number of carbonyl (C=O) groups excluding carboxylic acids is 1. The number of methoxy groups -OCH3 is 1. The zero-order valence-electron chi connectivity index (χ0n) is 10.9. The lowest BCUT2D eigenvalue weighted by Crippen LogP contribution is -2.20. The molecule has 0 unspecified atom stereocenters. The van der Waals surface area contributed by atoms with E-state index in [0.717, 1.165) is 0 Å². The van der Waals surface area contributed by atoms with E-state index in [9.17, 15) is 14.9 Å². The Morgan fingerprint density at radius 1 is 1.52 bits per heavy atom. The van der Waals surface area contributed by atoms with Gasteiger partial charge in [0, 0.05) is 6.07 Å². The van der Waals surface area contributed by atoms with Gasteiger partial charge in [0.05, 0.1) is 18.1 Å². The molecule has 2 rings (SSSR count). The Bertz CT molecular complexity index is 656. The first-order valence-electron chi connectivity index (χ1n) is 5.72. The number of nitro groups is 1. The zero-order chi connectivity index (χ0) is 15.2. The Morgan fingerprint density at radius 3 is 3.00 bits per heavy atom. The van der Waals surface area contributed by atoms with Gasteiger partial charge >= 0.3 is 6.01 Å². The maximum absolute atomic E-state index is 11.6. The fourth-order valence-electron chi connectivity index (χ4n) is 1.40. The summed E-state index contributed by atoms with van der Waals surface area (Å²) in [6, 6.07) is 5.62. The highest BCUT2D eigenvalue weighted by molar-refractivity contribution is 5.90. The summed E-state index contributed by atoms with van der Waals surface area (Å²) in [6.45, 7) is -0.329. The first-order chi connectivity index (χ1) is 10.1. The molecule has 21 heavy (non-hydrogen) atoms. The molecule has 2 N–H and O–H groups in total. The smallest absolute Gasteiger partial charge is 0.336 e. The van der Waals surface area contributed by atoms with E-state index in [0.29, 0.717) is 0 Å². The van der Waals surface area contributed by atoms with Crippen molar-refractivity contribution in [2.75, 3.05) is 19.0 Å². The third-order valence-electron chi connectivity index (χ3n) is 2.30. The van der Waals surface area contributed by atoms with Crippen molar-refractivity contribution in [1.82, 2.24) is 15.2 Å². The Labute approximate surface area is 118 Å². The number of nitrogens with zero attached hydrogens (tertiary/aromatic N) is 3. The van der Waals surface area contributed by atoms with Crippen molar-refractivity contribution in [3.63, 3.8) is 0 Å². The minimum atomic E-state index is -0.548. The molecule has 0 saturated carbocycles. The second-order valence-electron chi connectivity index (χ2n) is 3.76. The van der Waals surface area contributed by atoms with Crippen molar-refractivity contribution in [3.8, 4) is 11.8 Å². The summed E-state index contributed by atoms with van der Waals surface area (Å²) in [7, 11) is 1.39. The minimum absolute atomic E-state index is 0.0879. The van der Waals surface area contributed by atoms with E-state index < -0.39 is 10.8 Å². The van der Waals surface area contributed by atoms with Crippen LogP contribution in [-0.2, 0) is 4.79 Å². The highest BCUT2D eigenvalue weighted by Gasteiger charge is 2.10. The van der Waals surface area contributed by atoms with Gasteiger partial charge in [-0.05, 0) is 6.07 Å². The van der Waals surface area contributed by atoms with Crippen LogP contribution < -0.4 is 14.8 Å². The first-order valence-corrected chi connectivity index (χ1v) is 5.72. The van der Waals surface area contributed by atoms with Crippen LogP contribution in [0, 0.1) is 10.1 Å². The monoisotopic (exact) mass is 293 g/mol. The van der Waals surface area contributed by atoms with E-state index in [-0.39, 0.29) is 30.0 Å². The quantitative estimate of drug-likeness (QED) is 0.592. The van der Waals surface area contributed by atoms with Gasteiger partial charge in [0.25, 0.3) is 11.6 Å². The van der Waals surface area contributed by atoms with Crippen molar-refractivity contribution >= 4 is 17.5 Å². The summed E-state index contributed by atoms with van der Waals surface area (Å²) < 4.78 is 9.90. The molecule has 0 aliphatic heterocycles. The summed E-state index contributed by atoms with van der Waals surface area (Å²) in [5.74, 6) is -0.172. The minimum Gasteiger partial charge on any atom is -0.484 e. The number of anilines is 1. The van der Waals surface area contributed by atoms with Crippen LogP contribution in [0.25, 0.3) is 0 Å². The zero-order valence-corrected chi connectivity index (χ0v) is 10.9. The highest BCUT2D eigenvalue weighted by atomic mass is 16.6. The lowest BCUT2D eigenvalue weighted by Gasteiger charge is -2.05. The molecule has 1 aromatic heterocycles. The Kier molecular flexibility index (Phi) is 4.29. The predicted molar refractivity (Wildman–Crippen MR) is 70.2 cm³/mol. The second-order valence-corrected chi connectivity index (χ2v) is 3.76. The lowest BCUT2D eigenvalue weighted by atomic mass is 10.3. The normalized spacial score (nSPS) is 9.95. The number of H-pyrrole nitrogens is 1. The Morgan fingerprint density at radius 2 is 2.33 bits per heavy atom.